The van der Waals surface area contributed by atoms with Crippen LogP contribution in [0.3, 0.4) is 0 Å². The molecule has 0 unspecified atom stereocenters. The van der Waals surface area contributed by atoms with Crippen LogP contribution in [-0.2, 0) is 6.42 Å². The topological polar surface area (TPSA) is 43.8 Å². The zero-order chi connectivity index (χ0) is 11.5. The molecule has 5 heteroatoms. The number of hydrogen-bond donors (Lipinski definition) is 1. The highest BCUT2D eigenvalue weighted by molar-refractivity contribution is 6.32. The SMILES string of the molecule is NCCc1cnn(-c2ccccc2Cl)c1F. The molecule has 2 rings (SSSR count). The van der Waals surface area contributed by atoms with Crippen molar-refractivity contribution >= 4 is 11.6 Å². The van der Waals surface area contributed by atoms with Gasteiger partial charge in [0.1, 0.15) is 0 Å². The monoisotopic (exact) mass is 239 g/mol. The lowest BCUT2D eigenvalue weighted by atomic mass is 10.2. The lowest BCUT2D eigenvalue weighted by molar-refractivity contribution is 0.526. The summed E-state index contributed by atoms with van der Waals surface area (Å²) in [6, 6.07) is 6.98. The normalized spacial score (nSPS) is 10.7. The third-order valence-electron chi connectivity index (χ3n) is 2.27. The molecule has 0 fully saturated rings. The standard InChI is InChI=1S/C11H11ClFN3/c12-9-3-1-2-4-10(9)16-11(13)8(5-6-14)7-15-16/h1-4,7H,5-6,14H2. The molecular weight excluding hydrogens is 229 g/mol. The summed E-state index contributed by atoms with van der Waals surface area (Å²) < 4.78 is 15.1. The van der Waals surface area contributed by atoms with E-state index in [0.717, 1.165) is 0 Å². The quantitative estimate of drug-likeness (QED) is 0.892. The van der Waals surface area contributed by atoms with Gasteiger partial charge in [-0.1, -0.05) is 23.7 Å². The summed E-state index contributed by atoms with van der Waals surface area (Å²) in [6.45, 7) is 0.394. The van der Waals surface area contributed by atoms with Gasteiger partial charge in [0.05, 0.1) is 16.9 Å². The molecule has 0 spiro atoms. The number of nitrogens with two attached hydrogens (primary N) is 1. The Morgan fingerprint density at radius 1 is 1.38 bits per heavy atom. The maximum Gasteiger partial charge on any atom is 0.219 e. The molecule has 1 aromatic heterocycles. The highest BCUT2D eigenvalue weighted by Gasteiger charge is 2.12. The Bertz CT molecular complexity index is 496. The van der Waals surface area contributed by atoms with Gasteiger partial charge in [0.15, 0.2) is 0 Å². The van der Waals surface area contributed by atoms with E-state index in [1.54, 1.807) is 24.3 Å². The van der Waals surface area contributed by atoms with E-state index < -0.39 is 5.95 Å². The maximum atomic E-state index is 13.9. The first-order valence-corrected chi connectivity index (χ1v) is 5.29. The van der Waals surface area contributed by atoms with Crippen LogP contribution in [0.25, 0.3) is 5.69 Å². The number of nitrogens with zero attached hydrogens (tertiary/aromatic N) is 2. The van der Waals surface area contributed by atoms with Gasteiger partial charge in [-0.3, -0.25) is 0 Å². The highest BCUT2D eigenvalue weighted by atomic mass is 35.5. The van der Waals surface area contributed by atoms with Crippen LogP contribution < -0.4 is 5.73 Å². The lowest BCUT2D eigenvalue weighted by Gasteiger charge is -2.04. The molecule has 0 saturated heterocycles. The van der Waals surface area contributed by atoms with Crippen molar-refractivity contribution in [1.82, 2.24) is 9.78 Å². The molecule has 0 saturated carbocycles. The third kappa shape index (κ3) is 1.94. The lowest BCUT2D eigenvalue weighted by Crippen LogP contribution is -2.05. The van der Waals surface area contributed by atoms with Gasteiger partial charge >= 0.3 is 0 Å². The average Bonchev–Trinajstić information content (AvgIpc) is 2.62. The Labute approximate surface area is 97.6 Å². The summed E-state index contributed by atoms with van der Waals surface area (Å²) in [4.78, 5) is 0. The van der Waals surface area contributed by atoms with Crippen molar-refractivity contribution in [2.45, 2.75) is 6.42 Å². The molecule has 0 atom stereocenters. The molecule has 0 amide bonds. The van der Waals surface area contributed by atoms with Crippen LogP contribution in [0.15, 0.2) is 30.5 Å². The number of halogens is 2. The van der Waals surface area contributed by atoms with Gasteiger partial charge in [-0.2, -0.15) is 9.49 Å². The van der Waals surface area contributed by atoms with Crippen LogP contribution >= 0.6 is 11.6 Å². The van der Waals surface area contributed by atoms with Gasteiger partial charge in [-0.05, 0) is 25.1 Å². The van der Waals surface area contributed by atoms with Crippen molar-refractivity contribution in [2.75, 3.05) is 6.54 Å². The summed E-state index contributed by atoms with van der Waals surface area (Å²) in [5, 5.41) is 4.43. The average molecular weight is 240 g/mol. The molecule has 2 N–H and O–H groups in total. The van der Waals surface area contributed by atoms with E-state index in [0.29, 0.717) is 29.2 Å². The van der Waals surface area contributed by atoms with E-state index in [4.69, 9.17) is 17.3 Å². The predicted octanol–water partition coefficient (Wildman–Crippen LogP) is 2.17. The van der Waals surface area contributed by atoms with Crippen LogP contribution in [0.4, 0.5) is 4.39 Å². The largest absolute Gasteiger partial charge is 0.330 e. The van der Waals surface area contributed by atoms with Gasteiger partial charge < -0.3 is 5.73 Å². The number of rotatable bonds is 3. The fourth-order valence-corrected chi connectivity index (χ4v) is 1.70. The van der Waals surface area contributed by atoms with Crippen molar-refractivity contribution in [3.05, 3.63) is 47.0 Å². The Morgan fingerprint density at radius 2 is 2.12 bits per heavy atom. The fraction of sp³-hybridized carbons (Fsp3) is 0.182. The van der Waals surface area contributed by atoms with E-state index >= 15 is 0 Å². The van der Waals surface area contributed by atoms with Crippen molar-refractivity contribution in [3.8, 4) is 5.69 Å². The molecule has 0 aliphatic heterocycles. The first-order chi connectivity index (χ1) is 7.74. The first-order valence-electron chi connectivity index (χ1n) is 4.91. The Kier molecular flexibility index (Phi) is 3.22. The molecule has 1 heterocycles. The van der Waals surface area contributed by atoms with E-state index in [1.807, 2.05) is 0 Å². The summed E-state index contributed by atoms with van der Waals surface area (Å²) in [5.74, 6) is -0.404. The van der Waals surface area contributed by atoms with Crippen LogP contribution in [-0.4, -0.2) is 16.3 Å². The molecule has 0 aliphatic carbocycles. The molecule has 3 nitrogen and oxygen atoms in total. The zero-order valence-corrected chi connectivity index (χ0v) is 9.28. The maximum absolute atomic E-state index is 13.9. The summed E-state index contributed by atoms with van der Waals surface area (Å²) in [5.41, 5.74) is 6.41. The highest BCUT2D eigenvalue weighted by Crippen LogP contribution is 2.21. The molecule has 0 bridgehead atoms. The minimum atomic E-state index is -0.404. The smallest absolute Gasteiger partial charge is 0.219 e. The zero-order valence-electron chi connectivity index (χ0n) is 8.53. The number of aromatic nitrogens is 2. The summed E-state index contributed by atoms with van der Waals surface area (Å²) >= 11 is 5.96. The molecule has 84 valence electrons. The van der Waals surface area contributed by atoms with Crippen molar-refractivity contribution in [2.24, 2.45) is 5.73 Å². The van der Waals surface area contributed by atoms with Crippen LogP contribution in [0.2, 0.25) is 5.02 Å². The number of hydrogen-bond acceptors (Lipinski definition) is 2. The predicted molar refractivity (Wildman–Crippen MR) is 61.3 cm³/mol. The molecule has 1 aromatic carbocycles. The van der Waals surface area contributed by atoms with E-state index in [1.165, 1.54) is 10.9 Å². The Balaban J connectivity index is 2.45. The second-order valence-corrected chi connectivity index (χ2v) is 3.77. The van der Waals surface area contributed by atoms with Gasteiger partial charge in [-0.25, -0.2) is 4.68 Å². The molecule has 2 aromatic rings. The first kappa shape index (κ1) is 11.1. The summed E-state index contributed by atoms with van der Waals surface area (Å²) in [6.07, 6.45) is 1.95. The number of para-hydroxylation sites is 1. The second kappa shape index (κ2) is 4.63. The van der Waals surface area contributed by atoms with Crippen molar-refractivity contribution < 1.29 is 4.39 Å². The van der Waals surface area contributed by atoms with Crippen molar-refractivity contribution in [3.63, 3.8) is 0 Å². The van der Waals surface area contributed by atoms with Gasteiger partial charge in [0.25, 0.3) is 0 Å². The Hall–Kier alpha value is -1.39. The third-order valence-corrected chi connectivity index (χ3v) is 2.59. The van der Waals surface area contributed by atoms with E-state index in [2.05, 4.69) is 5.10 Å². The minimum Gasteiger partial charge on any atom is -0.330 e. The van der Waals surface area contributed by atoms with Crippen molar-refractivity contribution in [1.29, 1.82) is 0 Å². The second-order valence-electron chi connectivity index (χ2n) is 3.36. The fourth-order valence-electron chi connectivity index (χ4n) is 1.48. The minimum absolute atomic E-state index is 0.394. The van der Waals surface area contributed by atoms with Gasteiger partial charge in [0, 0.05) is 5.56 Å². The van der Waals surface area contributed by atoms with Crippen LogP contribution in [0.5, 0.6) is 0 Å². The number of benzene rings is 1. The van der Waals surface area contributed by atoms with Crippen LogP contribution in [0.1, 0.15) is 5.56 Å². The summed E-state index contributed by atoms with van der Waals surface area (Å²) in [7, 11) is 0. The van der Waals surface area contributed by atoms with Gasteiger partial charge in [-0.15, -0.1) is 0 Å². The van der Waals surface area contributed by atoms with E-state index in [-0.39, 0.29) is 0 Å². The molecule has 16 heavy (non-hydrogen) atoms. The van der Waals surface area contributed by atoms with E-state index in [9.17, 15) is 4.39 Å². The Morgan fingerprint density at radius 3 is 2.81 bits per heavy atom. The molecule has 0 aliphatic rings. The molecule has 0 radical (unpaired) electrons. The van der Waals surface area contributed by atoms with Crippen LogP contribution in [0, 0.1) is 5.95 Å². The van der Waals surface area contributed by atoms with Gasteiger partial charge in [0.2, 0.25) is 5.95 Å². The molecular formula is C11H11ClFN3.